The van der Waals surface area contributed by atoms with Crippen LogP contribution in [0, 0.1) is 5.82 Å². The molecule has 0 spiro atoms. The van der Waals surface area contributed by atoms with E-state index in [0.29, 0.717) is 16.5 Å². The summed E-state index contributed by atoms with van der Waals surface area (Å²) in [5.74, 6) is 1.18. The van der Waals surface area contributed by atoms with Crippen molar-refractivity contribution >= 4 is 33.0 Å². The summed E-state index contributed by atoms with van der Waals surface area (Å²) in [5.41, 5.74) is 0. The Hall–Kier alpha value is -1.78. The summed E-state index contributed by atoms with van der Waals surface area (Å²) in [5, 5.41) is 3.32. The lowest BCUT2D eigenvalue weighted by atomic mass is 10.2. The van der Waals surface area contributed by atoms with Crippen LogP contribution in [0.25, 0.3) is 10.1 Å². The number of hydrogen-bond acceptors (Lipinski definition) is 3. The van der Waals surface area contributed by atoms with E-state index in [1.165, 1.54) is 24.5 Å². The molecule has 0 saturated heterocycles. The fourth-order valence-electron chi connectivity index (χ4n) is 1.87. The number of rotatable bonds is 3. The average Bonchev–Trinajstić information content (AvgIpc) is 2.82. The Labute approximate surface area is 124 Å². The van der Waals surface area contributed by atoms with Gasteiger partial charge in [0, 0.05) is 20.5 Å². The lowest BCUT2D eigenvalue weighted by molar-refractivity contribution is 0.387. The molecule has 1 aromatic heterocycles. The van der Waals surface area contributed by atoms with Crippen molar-refractivity contribution in [2.45, 2.75) is 0 Å². The van der Waals surface area contributed by atoms with Gasteiger partial charge in [0.05, 0.1) is 7.11 Å². The molecule has 0 aliphatic rings. The first kappa shape index (κ1) is 13.2. The van der Waals surface area contributed by atoms with Crippen molar-refractivity contribution in [3.63, 3.8) is 0 Å². The fraction of sp³-hybridized carbons (Fsp3) is 0.0667. The molecule has 0 aliphatic carbocycles. The number of fused-ring (bicyclic) bond motifs is 1. The minimum absolute atomic E-state index is 0.205. The first-order chi connectivity index (χ1) is 9.67. The molecule has 2 aromatic carbocycles. The molecule has 0 unspecified atom stereocenters. The molecule has 2 nitrogen and oxygen atoms in total. The molecule has 3 rings (SSSR count). The van der Waals surface area contributed by atoms with Gasteiger partial charge in [0.1, 0.15) is 11.5 Å². The van der Waals surface area contributed by atoms with Crippen LogP contribution in [0.2, 0.25) is 5.02 Å². The van der Waals surface area contributed by atoms with Crippen LogP contribution in [-0.2, 0) is 0 Å². The van der Waals surface area contributed by atoms with Crippen molar-refractivity contribution in [1.29, 1.82) is 0 Å². The molecule has 3 aromatic rings. The van der Waals surface area contributed by atoms with Gasteiger partial charge < -0.3 is 9.47 Å². The lowest BCUT2D eigenvalue weighted by Gasteiger charge is -2.06. The first-order valence-corrected chi connectivity index (χ1v) is 7.11. The number of methoxy groups -OCH3 is 1. The highest BCUT2D eigenvalue weighted by molar-refractivity contribution is 7.17. The quantitative estimate of drug-likeness (QED) is 0.636. The van der Waals surface area contributed by atoms with Crippen LogP contribution in [0.3, 0.4) is 0 Å². The van der Waals surface area contributed by atoms with Gasteiger partial charge in [-0.25, -0.2) is 4.39 Å². The van der Waals surface area contributed by atoms with E-state index < -0.39 is 0 Å². The number of benzene rings is 2. The van der Waals surface area contributed by atoms with E-state index >= 15 is 0 Å². The van der Waals surface area contributed by atoms with Crippen molar-refractivity contribution in [2.75, 3.05) is 7.11 Å². The van der Waals surface area contributed by atoms with Gasteiger partial charge >= 0.3 is 0 Å². The second-order valence-corrected chi connectivity index (χ2v) is 5.49. The van der Waals surface area contributed by atoms with Crippen molar-refractivity contribution < 1.29 is 13.9 Å². The minimum atomic E-state index is -0.375. The number of halogens is 2. The van der Waals surface area contributed by atoms with Gasteiger partial charge in [0.25, 0.3) is 0 Å². The number of hydrogen-bond donors (Lipinski definition) is 0. The summed E-state index contributed by atoms with van der Waals surface area (Å²) in [6.45, 7) is 0. The molecule has 0 amide bonds. The Morgan fingerprint density at radius 3 is 2.55 bits per heavy atom. The predicted molar refractivity (Wildman–Crippen MR) is 79.9 cm³/mol. The van der Waals surface area contributed by atoms with E-state index in [1.807, 2.05) is 5.38 Å². The summed E-state index contributed by atoms with van der Waals surface area (Å²) in [6.07, 6.45) is 0. The Bertz CT molecular complexity index is 752. The molecule has 20 heavy (non-hydrogen) atoms. The summed E-state index contributed by atoms with van der Waals surface area (Å²) in [6, 6.07) is 10.2. The molecular formula is C15H10ClFO2S. The molecule has 5 heteroatoms. The van der Waals surface area contributed by atoms with Crippen LogP contribution in [0.5, 0.6) is 17.2 Å². The van der Waals surface area contributed by atoms with Gasteiger partial charge in [-0.05, 0) is 36.4 Å². The molecule has 0 saturated carbocycles. The van der Waals surface area contributed by atoms with Crippen molar-refractivity contribution in [1.82, 2.24) is 0 Å². The van der Waals surface area contributed by atoms with Crippen molar-refractivity contribution in [3.8, 4) is 17.2 Å². The maximum absolute atomic E-state index is 13.6. The van der Waals surface area contributed by atoms with Crippen LogP contribution in [0.4, 0.5) is 4.39 Å². The highest BCUT2D eigenvalue weighted by Gasteiger charge is 2.11. The monoisotopic (exact) mass is 308 g/mol. The Kier molecular flexibility index (Phi) is 3.51. The van der Waals surface area contributed by atoms with E-state index in [4.69, 9.17) is 21.1 Å². The minimum Gasteiger partial charge on any atom is -0.494 e. The number of ether oxygens (including phenoxy) is 2. The van der Waals surface area contributed by atoms with Crippen LogP contribution >= 0.6 is 22.9 Å². The Morgan fingerprint density at radius 2 is 1.85 bits per heavy atom. The summed E-state index contributed by atoms with van der Waals surface area (Å²) >= 11 is 7.26. The molecule has 0 fully saturated rings. The highest BCUT2D eigenvalue weighted by atomic mass is 35.5. The SMILES string of the molecule is COc1cc2c(Oc3ccc(Cl)cc3)csc2cc1F. The number of thiophene rings is 1. The maximum atomic E-state index is 13.6. The van der Waals surface area contributed by atoms with Crippen molar-refractivity contribution in [2.24, 2.45) is 0 Å². The van der Waals surface area contributed by atoms with Gasteiger partial charge in [-0.3, -0.25) is 0 Å². The molecule has 0 bridgehead atoms. The maximum Gasteiger partial charge on any atom is 0.166 e. The van der Waals surface area contributed by atoms with Crippen LogP contribution in [-0.4, -0.2) is 7.11 Å². The van der Waals surface area contributed by atoms with E-state index in [1.54, 1.807) is 30.3 Å². The van der Waals surface area contributed by atoms with Gasteiger partial charge in [0.15, 0.2) is 11.6 Å². The van der Waals surface area contributed by atoms with Crippen LogP contribution < -0.4 is 9.47 Å². The second-order valence-electron chi connectivity index (χ2n) is 4.14. The first-order valence-electron chi connectivity index (χ1n) is 5.85. The van der Waals surface area contributed by atoms with Gasteiger partial charge in [0.2, 0.25) is 0 Å². The molecule has 0 aliphatic heterocycles. The van der Waals surface area contributed by atoms with Crippen LogP contribution in [0.1, 0.15) is 0 Å². The predicted octanol–water partition coefficient (Wildman–Crippen LogP) is 5.49. The Morgan fingerprint density at radius 1 is 1.10 bits per heavy atom. The largest absolute Gasteiger partial charge is 0.494 e. The molecule has 0 atom stereocenters. The molecule has 1 heterocycles. The topological polar surface area (TPSA) is 18.5 Å². The van der Waals surface area contributed by atoms with Gasteiger partial charge in [-0.15, -0.1) is 11.3 Å². The van der Waals surface area contributed by atoms with E-state index in [-0.39, 0.29) is 11.6 Å². The zero-order chi connectivity index (χ0) is 14.1. The third kappa shape index (κ3) is 2.44. The normalized spacial score (nSPS) is 10.8. The lowest BCUT2D eigenvalue weighted by Crippen LogP contribution is -1.88. The van der Waals surface area contributed by atoms with Crippen molar-refractivity contribution in [3.05, 3.63) is 52.6 Å². The molecule has 102 valence electrons. The van der Waals surface area contributed by atoms with E-state index in [0.717, 1.165) is 10.1 Å². The Balaban J connectivity index is 2.01. The average molecular weight is 309 g/mol. The second kappa shape index (κ2) is 5.31. The third-order valence-corrected chi connectivity index (χ3v) is 4.03. The third-order valence-electron chi connectivity index (χ3n) is 2.85. The molecule has 0 N–H and O–H groups in total. The van der Waals surface area contributed by atoms with E-state index in [2.05, 4.69) is 0 Å². The van der Waals surface area contributed by atoms with E-state index in [9.17, 15) is 4.39 Å². The highest BCUT2D eigenvalue weighted by Crippen LogP contribution is 2.38. The zero-order valence-corrected chi connectivity index (χ0v) is 12.1. The molecule has 0 radical (unpaired) electrons. The zero-order valence-electron chi connectivity index (χ0n) is 10.5. The smallest absolute Gasteiger partial charge is 0.166 e. The summed E-state index contributed by atoms with van der Waals surface area (Å²) in [4.78, 5) is 0. The van der Waals surface area contributed by atoms with Gasteiger partial charge in [-0.1, -0.05) is 11.6 Å². The van der Waals surface area contributed by atoms with Gasteiger partial charge in [-0.2, -0.15) is 0 Å². The fourth-order valence-corrected chi connectivity index (χ4v) is 2.86. The van der Waals surface area contributed by atoms with Crippen LogP contribution in [0.15, 0.2) is 41.8 Å². The standard InChI is InChI=1S/C15H10ClFO2S/c1-18-13-6-11-14(8-20-15(11)7-12(13)17)19-10-4-2-9(16)3-5-10/h2-8H,1H3. The summed E-state index contributed by atoms with van der Waals surface area (Å²) in [7, 11) is 1.44. The summed E-state index contributed by atoms with van der Waals surface area (Å²) < 4.78 is 25.2. The molecular weight excluding hydrogens is 299 g/mol.